The number of ketones is 1. The first-order chi connectivity index (χ1) is 14.4. The van der Waals surface area contributed by atoms with E-state index in [1.165, 1.54) is 12.1 Å². The van der Waals surface area contributed by atoms with Crippen LogP contribution < -0.4 is 0 Å². The third kappa shape index (κ3) is 3.34. The SMILES string of the molecule is O=C(c1ccccc1)N1CCC2(CN3C(CC[C@@H]3c3cc(F)cc(F)c3)S2)C(=O)C1. The minimum absolute atomic E-state index is 0.0709. The number of benzene rings is 2. The summed E-state index contributed by atoms with van der Waals surface area (Å²) in [5.41, 5.74) is 1.23. The van der Waals surface area contributed by atoms with Crippen LogP contribution in [0.15, 0.2) is 48.5 Å². The lowest BCUT2D eigenvalue weighted by Gasteiger charge is -2.38. The largest absolute Gasteiger partial charge is 0.331 e. The van der Waals surface area contributed by atoms with Crippen molar-refractivity contribution in [2.75, 3.05) is 19.6 Å². The molecule has 156 valence electrons. The molecular weight excluding hydrogens is 406 g/mol. The van der Waals surface area contributed by atoms with Crippen LogP contribution in [0.25, 0.3) is 0 Å². The zero-order valence-electron chi connectivity index (χ0n) is 16.4. The first-order valence-electron chi connectivity index (χ1n) is 10.2. The van der Waals surface area contributed by atoms with E-state index in [1.807, 2.05) is 18.2 Å². The van der Waals surface area contributed by atoms with E-state index in [0.29, 0.717) is 30.6 Å². The lowest BCUT2D eigenvalue weighted by molar-refractivity contribution is -0.124. The molecule has 5 rings (SSSR count). The average molecular weight is 429 g/mol. The molecular formula is C23H22F2N2O2S. The van der Waals surface area contributed by atoms with Crippen molar-refractivity contribution in [1.82, 2.24) is 9.80 Å². The van der Waals surface area contributed by atoms with Gasteiger partial charge in [0.2, 0.25) is 0 Å². The third-order valence-corrected chi connectivity index (χ3v) is 8.25. The highest BCUT2D eigenvalue weighted by molar-refractivity contribution is 8.02. The Morgan fingerprint density at radius 2 is 1.80 bits per heavy atom. The summed E-state index contributed by atoms with van der Waals surface area (Å²) in [6.07, 6.45) is 2.31. The van der Waals surface area contributed by atoms with Gasteiger partial charge in [0.05, 0.1) is 16.7 Å². The van der Waals surface area contributed by atoms with E-state index in [0.717, 1.165) is 18.9 Å². The molecule has 30 heavy (non-hydrogen) atoms. The first kappa shape index (κ1) is 19.7. The van der Waals surface area contributed by atoms with Crippen molar-refractivity contribution in [3.8, 4) is 0 Å². The number of hydrogen-bond acceptors (Lipinski definition) is 4. The molecule has 2 aromatic carbocycles. The van der Waals surface area contributed by atoms with Crippen LogP contribution in [0.5, 0.6) is 0 Å². The van der Waals surface area contributed by atoms with Crippen LogP contribution in [0.4, 0.5) is 8.78 Å². The summed E-state index contributed by atoms with van der Waals surface area (Å²) in [5, 5.41) is 0.168. The second-order valence-electron chi connectivity index (χ2n) is 8.30. The van der Waals surface area contributed by atoms with E-state index in [1.54, 1.807) is 28.8 Å². The number of carbonyl (C=O) groups is 2. The van der Waals surface area contributed by atoms with Crippen molar-refractivity contribution in [2.24, 2.45) is 0 Å². The Bertz CT molecular complexity index is 982. The second kappa shape index (κ2) is 7.46. The van der Waals surface area contributed by atoms with Crippen LogP contribution in [-0.2, 0) is 4.79 Å². The fourth-order valence-electron chi connectivity index (χ4n) is 4.97. The minimum Gasteiger partial charge on any atom is -0.331 e. The summed E-state index contributed by atoms with van der Waals surface area (Å²) >= 11 is 1.68. The van der Waals surface area contributed by atoms with E-state index in [2.05, 4.69) is 4.90 Å². The Morgan fingerprint density at radius 3 is 2.50 bits per heavy atom. The number of carbonyl (C=O) groups excluding carboxylic acids is 2. The van der Waals surface area contributed by atoms with Crippen LogP contribution in [0.2, 0.25) is 0 Å². The Balaban J connectivity index is 1.32. The van der Waals surface area contributed by atoms with Gasteiger partial charge in [-0.15, -0.1) is 11.8 Å². The zero-order chi connectivity index (χ0) is 20.9. The molecule has 0 bridgehead atoms. The summed E-state index contributed by atoms with van der Waals surface area (Å²) in [6, 6.07) is 12.6. The fourth-order valence-corrected chi connectivity index (χ4v) is 6.73. The van der Waals surface area contributed by atoms with Crippen molar-refractivity contribution < 1.29 is 18.4 Å². The quantitative estimate of drug-likeness (QED) is 0.724. The van der Waals surface area contributed by atoms with Crippen molar-refractivity contribution in [1.29, 1.82) is 0 Å². The maximum absolute atomic E-state index is 13.7. The normalized spacial score (nSPS) is 28.9. The molecule has 0 aromatic heterocycles. The molecule has 0 saturated carbocycles. The summed E-state index contributed by atoms with van der Waals surface area (Å²) in [6.45, 7) is 1.21. The Kier molecular flexibility index (Phi) is 4.90. The van der Waals surface area contributed by atoms with Gasteiger partial charge >= 0.3 is 0 Å². The first-order valence-corrected chi connectivity index (χ1v) is 11.1. The number of nitrogens with zero attached hydrogens (tertiary/aromatic N) is 2. The van der Waals surface area contributed by atoms with E-state index in [-0.39, 0.29) is 29.7 Å². The number of likely N-dealkylation sites (tertiary alicyclic amines) is 1. The van der Waals surface area contributed by atoms with E-state index < -0.39 is 16.4 Å². The fraction of sp³-hybridized carbons (Fsp3) is 0.391. The van der Waals surface area contributed by atoms with Gasteiger partial charge in [0.1, 0.15) is 11.6 Å². The van der Waals surface area contributed by atoms with Gasteiger partial charge in [0, 0.05) is 30.8 Å². The summed E-state index contributed by atoms with van der Waals surface area (Å²) in [5.74, 6) is -1.19. The standard InChI is InChI=1S/C23H22F2N2O2S/c24-17-10-16(11-18(25)12-17)19-6-7-21-27(19)14-23(30-21)8-9-26(13-20(23)28)22(29)15-4-2-1-3-5-15/h1-5,10-12,19,21H,6-9,13-14H2/t19-,21?,23?/m1/s1. The molecule has 3 fully saturated rings. The molecule has 3 atom stereocenters. The number of rotatable bonds is 2. The number of piperidine rings is 1. The third-order valence-electron chi connectivity index (χ3n) is 6.46. The second-order valence-corrected chi connectivity index (χ2v) is 9.86. The number of hydrogen-bond donors (Lipinski definition) is 0. The van der Waals surface area contributed by atoms with Crippen molar-refractivity contribution >= 4 is 23.5 Å². The predicted molar refractivity (Wildman–Crippen MR) is 111 cm³/mol. The van der Waals surface area contributed by atoms with Gasteiger partial charge in [-0.2, -0.15) is 0 Å². The van der Waals surface area contributed by atoms with Crippen molar-refractivity contribution in [3.63, 3.8) is 0 Å². The molecule has 3 aliphatic rings. The van der Waals surface area contributed by atoms with E-state index >= 15 is 0 Å². The van der Waals surface area contributed by atoms with Gasteiger partial charge in [-0.25, -0.2) is 8.78 Å². The monoisotopic (exact) mass is 428 g/mol. The van der Waals surface area contributed by atoms with Gasteiger partial charge in [-0.05, 0) is 49.1 Å². The number of amides is 1. The van der Waals surface area contributed by atoms with Crippen LogP contribution in [0, 0.1) is 11.6 Å². The number of halogens is 2. The van der Waals surface area contributed by atoms with Gasteiger partial charge in [0.15, 0.2) is 5.78 Å². The summed E-state index contributed by atoms with van der Waals surface area (Å²) < 4.78 is 26.9. The van der Waals surface area contributed by atoms with Gasteiger partial charge in [-0.3, -0.25) is 14.5 Å². The highest BCUT2D eigenvalue weighted by atomic mass is 32.2. The molecule has 0 aliphatic carbocycles. The molecule has 4 nitrogen and oxygen atoms in total. The molecule has 1 amide bonds. The molecule has 0 N–H and O–H groups in total. The maximum atomic E-state index is 13.7. The predicted octanol–water partition coefficient (Wildman–Crippen LogP) is 4.03. The lowest BCUT2D eigenvalue weighted by atomic mass is 9.92. The van der Waals surface area contributed by atoms with E-state index in [9.17, 15) is 18.4 Å². The van der Waals surface area contributed by atoms with Crippen LogP contribution in [0.1, 0.15) is 41.2 Å². The van der Waals surface area contributed by atoms with Crippen molar-refractivity contribution in [2.45, 2.75) is 35.4 Å². The van der Waals surface area contributed by atoms with Crippen LogP contribution in [0.3, 0.4) is 0 Å². The zero-order valence-corrected chi connectivity index (χ0v) is 17.2. The topological polar surface area (TPSA) is 40.6 Å². The van der Waals surface area contributed by atoms with Crippen molar-refractivity contribution in [3.05, 3.63) is 71.3 Å². The van der Waals surface area contributed by atoms with Gasteiger partial charge < -0.3 is 4.90 Å². The number of thioether (sulfide) groups is 1. The molecule has 2 aromatic rings. The molecule has 0 radical (unpaired) electrons. The van der Waals surface area contributed by atoms with Crippen LogP contribution in [-0.4, -0.2) is 51.2 Å². The number of fused-ring (bicyclic) bond motifs is 1. The molecule has 1 spiro atoms. The van der Waals surface area contributed by atoms with Gasteiger partial charge in [0.25, 0.3) is 5.91 Å². The highest BCUT2D eigenvalue weighted by Crippen LogP contribution is 2.53. The Labute approximate surface area is 178 Å². The van der Waals surface area contributed by atoms with Crippen LogP contribution >= 0.6 is 11.8 Å². The average Bonchev–Trinajstić information content (AvgIpc) is 3.28. The molecule has 3 heterocycles. The van der Waals surface area contributed by atoms with E-state index in [4.69, 9.17) is 0 Å². The molecule has 7 heteroatoms. The minimum atomic E-state index is -0.571. The molecule has 2 unspecified atom stereocenters. The number of Topliss-reactive ketones (excluding diaryl/α,β-unsaturated/α-hetero) is 1. The maximum Gasteiger partial charge on any atom is 0.254 e. The Hall–Kier alpha value is -2.25. The smallest absolute Gasteiger partial charge is 0.254 e. The lowest BCUT2D eigenvalue weighted by Crippen LogP contribution is -2.54. The molecule has 3 saturated heterocycles. The molecule has 3 aliphatic heterocycles. The van der Waals surface area contributed by atoms with Gasteiger partial charge in [-0.1, -0.05) is 18.2 Å². The Morgan fingerprint density at radius 1 is 1.07 bits per heavy atom. The highest BCUT2D eigenvalue weighted by Gasteiger charge is 2.55. The summed E-state index contributed by atoms with van der Waals surface area (Å²) in [4.78, 5) is 29.8. The summed E-state index contributed by atoms with van der Waals surface area (Å²) in [7, 11) is 0.